The van der Waals surface area contributed by atoms with Crippen LogP contribution in [0.4, 0.5) is 0 Å². The van der Waals surface area contributed by atoms with E-state index in [0.29, 0.717) is 24.2 Å². The highest BCUT2D eigenvalue weighted by Crippen LogP contribution is 2.51. The van der Waals surface area contributed by atoms with E-state index in [1.165, 1.54) is 0 Å². The van der Waals surface area contributed by atoms with Gasteiger partial charge in [0, 0.05) is 11.8 Å². The lowest BCUT2D eigenvalue weighted by molar-refractivity contribution is -0.148. The Bertz CT molecular complexity index is 234. The topological polar surface area (TPSA) is 26.3 Å². The predicted octanol–water partition coefficient (Wildman–Crippen LogP) is 1.76. The highest BCUT2D eigenvalue weighted by molar-refractivity contribution is 5.40. The molecule has 0 radical (unpaired) electrons. The molecule has 66 valence electrons. The highest BCUT2D eigenvalue weighted by atomic mass is 16.5. The largest absolute Gasteiger partial charge is 0.461 e. The molecule has 0 aromatic heterocycles. The van der Waals surface area contributed by atoms with Crippen LogP contribution in [0.15, 0.2) is 12.2 Å². The zero-order valence-corrected chi connectivity index (χ0v) is 7.49. The first-order chi connectivity index (χ1) is 5.68. The van der Waals surface area contributed by atoms with Gasteiger partial charge in [0.15, 0.2) is 0 Å². The molecule has 0 saturated heterocycles. The summed E-state index contributed by atoms with van der Waals surface area (Å²) in [6.45, 7) is 4.79. The quantitative estimate of drug-likeness (QED) is 0.461. The van der Waals surface area contributed by atoms with E-state index in [0.717, 1.165) is 6.42 Å². The molecule has 2 aliphatic carbocycles. The average molecular weight is 166 g/mol. The van der Waals surface area contributed by atoms with Crippen LogP contribution in [-0.4, -0.2) is 12.1 Å². The van der Waals surface area contributed by atoms with Crippen LogP contribution in [0.5, 0.6) is 0 Å². The number of ether oxygens (including phenoxy) is 1. The van der Waals surface area contributed by atoms with Crippen molar-refractivity contribution >= 4 is 6.47 Å². The molecule has 4 unspecified atom stereocenters. The lowest BCUT2D eigenvalue weighted by Crippen LogP contribution is -2.39. The van der Waals surface area contributed by atoms with Gasteiger partial charge >= 0.3 is 0 Å². The van der Waals surface area contributed by atoms with Gasteiger partial charge in [0.2, 0.25) is 0 Å². The number of carbonyl (C=O) groups is 1. The third-order valence-corrected chi connectivity index (χ3v) is 3.70. The molecule has 0 N–H and O–H groups in total. The Balaban J connectivity index is 2.26. The molecule has 12 heavy (non-hydrogen) atoms. The summed E-state index contributed by atoms with van der Waals surface area (Å²) in [6, 6.07) is 0. The van der Waals surface area contributed by atoms with Crippen LogP contribution in [0, 0.1) is 17.8 Å². The Morgan fingerprint density at radius 3 is 2.83 bits per heavy atom. The summed E-state index contributed by atoms with van der Waals surface area (Å²) in [5, 5.41) is 0. The number of fused-ring (bicyclic) bond motifs is 2. The molecule has 4 atom stereocenters. The van der Waals surface area contributed by atoms with Crippen molar-refractivity contribution in [2.45, 2.75) is 25.9 Å². The van der Waals surface area contributed by atoms with Crippen LogP contribution < -0.4 is 0 Å². The first-order valence-corrected chi connectivity index (χ1v) is 4.48. The second kappa shape index (κ2) is 2.35. The molecular weight excluding hydrogens is 152 g/mol. The third kappa shape index (κ3) is 0.780. The zero-order chi connectivity index (χ0) is 8.77. The number of allylic oxidation sites excluding steroid dienone is 1. The second-order valence-electron chi connectivity index (χ2n) is 4.08. The van der Waals surface area contributed by atoms with Crippen LogP contribution in [0.1, 0.15) is 20.3 Å². The Kier molecular flexibility index (Phi) is 1.53. The molecule has 0 aromatic carbocycles. The molecule has 0 aromatic rings. The fourth-order valence-corrected chi connectivity index (χ4v) is 2.58. The van der Waals surface area contributed by atoms with Crippen LogP contribution in [-0.2, 0) is 9.53 Å². The van der Waals surface area contributed by atoms with Gasteiger partial charge < -0.3 is 4.74 Å². The lowest BCUT2D eigenvalue weighted by atomic mass is 9.81. The SMILES string of the molecule is CC1C2C=CC(C2)C1(C)OC=O. The number of hydrogen-bond acceptors (Lipinski definition) is 2. The first kappa shape index (κ1) is 7.84. The Morgan fingerprint density at radius 1 is 1.58 bits per heavy atom. The van der Waals surface area contributed by atoms with Gasteiger partial charge in [-0.25, -0.2) is 0 Å². The van der Waals surface area contributed by atoms with Crippen LogP contribution in [0.25, 0.3) is 0 Å². The monoisotopic (exact) mass is 166 g/mol. The number of carbonyl (C=O) groups excluding carboxylic acids is 1. The maximum atomic E-state index is 10.3. The van der Waals surface area contributed by atoms with Crippen molar-refractivity contribution in [3.8, 4) is 0 Å². The Hall–Kier alpha value is -0.790. The van der Waals surface area contributed by atoms with Crippen LogP contribution in [0.3, 0.4) is 0 Å². The van der Waals surface area contributed by atoms with Crippen molar-refractivity contribution in [1.29, 1.82) is 0 Å². The Labute approximate surface area is 72.6 Å². The van der Waals surface area contributed by atoms with Crippen molar-refractivity contribution in [2.24, 2.45) is 17.8 Å². The summed E-state index contributed by atoms with van der Waals surface area (Å²) in [4.78, 5) is 10.3. The molecule has 1 fully saturated rings. The van der Waals surface area contributed by atoms with Gasteiger partial charge in [-0.1, -0.05) is 19.1 Å². The van der Waals surface area contributed by atoms with E-state index in [2.05, 4.69) is 19.1 Å². The summed E-state index contributed by atoms with van der Waals surface area (Å²) in [5.41, 5.74) is -0.235. The van der Waals surface area contributed by atoms with Gasteiger partial charge in [0.1, 0.15) is 5.60 Å². The molecule has 0 aliphatic heterocycles. The minimum absolute atomic E-state index is 0.235. The van der Waals surface area contributed by atoms with Gasteiger partial charge in [0.05, 0.1) is 0 Å². The van der Waals surface area contributed by atoms with Crippen LogP contribution in [0.2, 0.25) is 0 Å². The fraction of sp³-hybridized carbons (Fsp3) is 0.700. The molecule has 0 spiro atoms. The first-order valence-electron chi connectivity index (χ1n) is 4.48. The van der Waals surface area contributed by atoms with E-state index in [1.807, 2.05) is 6.92 Å². The molecular formula is C10H14O2. The Morgan fingerprint density at radius 2 is 2.33 bits per heavy atom. The van der Waals surface area contributed by atoms with E-state index in [9.17, 15) is 4.79 Å². The minimum Gasteiger partial charge on any atom is -0.461 e. The molecule has 2 bridgehead atoms. The number of hydrogen-bond donors (Lipinski definition) is 0. The molecule has 0 amide bonds. The molecule has 0 heterocycles. The number of rotatable bonds is 2. The standard InChI is InChI=1S/C10H14O2/c1-7-8-3-4-9(5-8)10(7,2)12-6-11/h3-4,6-9H,5H2,1-2H3. The van der Waals surface area contributed by atoms with Crippen molar-refractivity contribution in [3.63, 3.8) is 0 Å². The van der Waals surface area contributed by atoms with E-state index in [-0.39, 0.29) is 5.60 Å². The molecule has 2 heteroatoms. The van der Waals surface area contributed by atoms with Gasteiger partial charge in [0.25, 0.3) is 6.47 Å². The summed E-state index contributed by atoms with van der Waals surface area (Å²) in [6.07, 6.45) is 5.60. The lowest BCUT2D eigenvalue weighted by Gasteiger charge is -2.34. The normalized spacial score (nSPS) is 49.7. The second-order valence-corrected chi connectivity index (χ2v) is 4.08. The average Bonchev–Trinajstić information content (AvgIpc) is 2.57. The maximum Gasteiger partial charge on any atom is 0.293 e. The summed E-state index contributed by atoms with van der Waals surface area (Å²) in [7, 11) is 0. The zero-order valence-electron chi connectivity index (χ0n) is 7.49. The van der Waals surface area contributed by atoms with E-state index < -0.39 is 0 Å². The van der Waals surface area contributed by atoms with Crippen molar-refractivity contribution in [1.82, 2.24) is 0 Å². The van der Waals surface area contributed by atoms with Gasteiger partial charge in [-0.3, -0.25) is 4.79 Å². The highest BCUT2D eigenvalue weighted by Gasteiger charge is 2.52. The van der Waals surface area contributed by atoms with E-state index >= 15 is 0 Å². The van der Waals surface area contributed by atoms with E-state index in [4.69, 9.17) is 4.74 Å². The van der Waals surface area contributed by atoms with Crippen molar-refractivity contribution < 1.29 is 9.53 Å². The third-order valence-electron chi connectivity index (χ3n) is 3.70. The van der Waals surface area contributed by atoms with Gasteiger partial charge in [-0.05, 0) is 19.3 Å². The molecule has 2 aliphatic rings. The minimum atomic E-state index is -0.235. The maximum absolute atomic E-state index is 10.3. The van der Waals surface area contributed by atoms with Crippen LogP contribution >= 0.6 is 0 Å². The predicted molar refractivity (Wildman–Crippen MR) is 45.5 cm³/mol. The molecule has 2 nitrogen and oxygen atoms in total. The van der Waals surface area contributed by atoms with Crippen molar-refractivity contribution in [3.05, 3.63) is 12.2 Å². The van der Waals surface area contributed by atoms with Gasteiger partial charge in [-0.2, -0.15) is 0 Å². The van der Waals surface area contributed by atoms with Crippen molar-refractivity contribution in [2.75, 3.05) is 0 Å². The smallest absolute Gasteiger partial charge is 0.293 e. The van der Waals surface area contributed by atoms with E-state index in [1.54, 1.807) is 0 Å². The molecule has 1 saturated carbocycles. The fourth-order valence-electron chi connectivity index (χ4n) is 2.58. The summed E-state index contributed by atoms with van der Waals surface area (Å²) in [5.74, 6) is 1.54. The molecule has 2 rings (SSSR count). The van der Waals surface area contributed by atoms with Gasteiger partial charge in [-0.15, -0.1) is 0 Å². The summed E-state index contributed by atoms with van der Waals surface area (Å²) < 4.78 is 5.20. The summed E-state index contributed by atoms with van der Waals surface area (Å²) >= 11 is 0.